The van der Waals surface area contributed by atoms with Crippen molar-refractivity contribution in [3.63, 3.8) is 0 Å². The number of ether oxygens (including phenoxy) is 1. The Hall–Kier alpha value is -1.62. The third-order valence-corrected chi connectivity index (χ3v) is 1.60. The van der Waals surface area contributed by atoms with Crippen molar-refractivity contribution in [3.8, 4) is 0 Å². The molecule has 1 heterocycles. The number of hydrogen-bond acceptors (Lipinski definition) is 5. The highest BCUT2D eigenvalue weighted by Crippen LogP contribution is 2.09. The van der Waals surface area contributed by atoms with Gasteiger partial charge in [0.15, 0.2) is 5.76 Å². The van der Waals surface area contributed by atoms with Crippen molar-refractivity contribution in [2.75, 3.05) is 20.7 Å². The van der Waals surface area contributed by atoms with Crippen molar-refractivity contribution in [2.45, 2.75) is 0 Å². The summed E-state index contributed by atoms with van der Waals surface area (Å²) in [5.74, 6) is -0.608. The molecule has 0 radical (unpaired) electrons. The van der Waals surface area contributed by atoms with Crippen LogP contribution >= 0.6 is 0 Å². The Balaban J connectivity index is 2.77. The van der Waals surface area contributed by atoms with Crippen LogP contribution in [0.2, 0.25) is 0 Å². The average Bonchev–Trinajstić information content (AvgIpc) is 2.66. The van der Waals surface area contributed by atoms with Crippen LogP contribution in [-0.2, 0) is 4.74 Å². The molecule has 1 aromatic rings. The first-order chi connectivity index (χ1) is 6.69. The maximum atomic E-state index is 11.3. The van der Waals surface area contributed by atoms with Crippen LogP contribution in [0.15, 0.2) is 16.5 Å². The largest absolute Gasteiger partial charge is 0.463 e. The van der Waals surface area contributed by atoms with Crippen molar-refractivity contribution in [1.29, 1.82) is 0 Å². The van der Waals surface area contributed by atoms with Crippen molar-refractivity contribution >= 4 is 11.8 Å². The summed E-state index contributed by atoms with van der Waals surface area (Å²) in [4.78, 5) is 22.2. The van der Waals surface area contributed by atoms with Gasteiger partial charge in [-0.05, 0) is 19.2 Å². The van der Waals surface area contributed by atoms with E-state index < -0.39 is 5.97 Å². The van der Waals surface area contributed by atoms with E-state index >= 15 is 0 Å². The highest BCUT2D eigenvalue weighted by atomic mass is 16.5. The van der Waals surface area contributed by atoms with Crippen LogP contribution < -0.4 is 5.32 Å². The van der Waals surface area contributed by atoms with Gasteiger partial charge in [-0.1, -0.05) is 0 Å². The predicted octanol–water partition coefficient (Wildman–Crippen LogP) is 0.468. The second-order valence-corrected chi connectivity index (χ2v) is 2.61. The van der Waals surface area contributed by atoms with E-state index in [1.165, 1.54) is 19.2 Å². The first kappa shape index (κ1) is 10.5. The number of ketones is 1. The van der Waals surface area contributed by atoms with Gasteiger partial charge in [0.05, 0.1) is 13.7 Å². The number of Topliss-reactive ketones (excluding diaryl/α,β-unsaturated/α-hetero) is 1. The minimum Gasteiger partial charge on any atom is -0.463 e. The zero-order valence-electron chi connectivity index (χ0n) is 7.99. The molecule has 0 bridgehead atoms. The standard InChI is InChI=1S/C9H11NO4/c1-10-5-6(11)7-3-4-8(14-7)9(12)13-2/h3-4,10H,5H2,1-2H3. The molecule has 1 N–H and O–H groups in total. The lowest BCUT2D eigenvalue weighted by Crippen LogP contribution is -2.17. The van der Waals surface area contributed by atoms with Crippen molar-refractivity contribution in [1.82, 2.24) is 5.32 Å². The number of likely N-dealkylation sites (N-methyl/N-ethyl adjacent to an activating group) is 1. The Bertz CT molecular complexity index is 342. The van der Waals surface area contributed by atoms with Gasteiger partial charge in [-0.2, -0.15) is 0 Å². The van der Waals surface area contributed by atoms with Crippen LogP contribution in [0, 0.1) is 0 Å². The molecule has 0 fully saturated rings. The average molecular weight is 197 g/mol. The molecule has 0 aromatic carbocycles. The third-order valence-electron chi connectivity index (χ3n) is 1.60. The molecule has 0 saturated heterocycles. The summed E-state index contributed by atoms with van der Waals surface area (Å²) >= 11 is 0. The van der Waals surface area contributed by atoms with Gasteiger partial charge in [0.2, 0.25) is 11.5 Å². The van der Waals surface area contributed by atoms with E-state index in [1.807, 2.05) is 0 Å². The van der Waals surface area contributed by atoms with Gasteiger partial charge in [-0.25, -0.2) is 4.79 Å². The number of rotatable bonds is 4. The lowest BCUT2D eigenvalue weighted by Gasteiger charge is -1.95. The number of esters is 1. The maximum Gasteiger partial charge on any atom is 0.373 e. The van der Waals surface area contributed by atoms with Gasteiger partial charge in [-0.3, -0.25) is 4.79 Å². The molecule has 0 aliphatic carbocycles. The zero-order chi connectivity index (χ0) is 10.6. The minimum atomic E-state index is -0.589. The normalized spacial score (nSPS) is 9.86. The second-order valence-electron chi connectivity index (χ2n) is 2.61. The summed E-state index contributed by atoms with van der Waals surface area (Å²) in [5, 5.41) is 2.69. The lowest BCUT2D eigenvalue weighted by atomic mass is 10.3. The molecular formula is C9H11NO4. The van der Waals surface area contributed by atoms with Crippen LogP contribution in [0.25, 0.3) is 0 Å². The molecule has 5 nitrogen and oxygen atoms in total. The van der Waals surface area contributed by atoms with E-state index in [9.17, 15) is 9.59 Å². The van der Waals surface area contributed by atoms with E-state index in [-0.39, 0.29) is 23.8 Å². The Morgan fingerprint density at radius 3 is 2.64 bits per heavy atom. The number of nitrogens with one attached hydrogen (secondary N) is 1. The first-order valence-electron chi connectivity index (χ1n) is 4.05. The minimum absolute atomic E-state index is 0.0342. The highest BCUT2D eigenvalue weighted by molar-refractivity contribution is 5.96. The van der Waals surface area contributed by atoms with Crippen molar-refractivity contribution < 1.29 is 18.7 Å². The SMILES string of the molecule is CNCC(=O)c1ccc(C(=O)OC)o1. The molecule has 0 aliphatic rings. The number of hydrogen-bond donors (Lipinski definition) is 1. The van der Waals surface area contributed by atoms with E-state index in [1.54, 1.807) is 7.05 Å². The van der Waals surface area contributed by atoms with E-state index in [2.05, 4.69) is 10.1 Å². The fourth-order valence-corrected chi connectivity index (χ4v) is 0.946. The lowest BCUT2D eigenvalue weighted by molar-refractivity contribution is 0.0563. The molecule has 0 saturated carbocycles. The molecule has 0 atom stereocenters. The Labute approximate surface area is 81.0 Å². The number of methoxy groups -OCH3 is 1. The van der Waals surface area contributed by atoms with Gasteiger partial charge in [0.1, 0.15) is 0 Å². The number of carbonyl (C=O) groups excluding carboxylic acids is 2. The summed E-state index contributed by atoms with van der Waals surface area (Å²) in [6, 6.07) is 2.86. The van der Waals surface area contributed by atoms with Crippen LogP contribution in [0.5, 0.6) is 0 Å². The zero-order valence-corrected chi connectivity index (χ0v) is 7.99. The van der Waals surface area contributed by atoms with Gasteiger partial charge in [0.25, 0.3) is 0 Å². The molecule has 14 heavy (non-hydrogen) atoms. The van der Waals surface area contributed by atoms with Crippen LogP contribution in [0.3, 0.4) is 0 Å². The summed E-state index contributed by atoms with van der Waals surface area (Å²) in [6.07, 6.45) is 0. The van der Waals surface area contributed by atoms with Crippen molar-refractivity contribution in [2.24, 2.45) is 0 Å². The van der Waals surface area contributed by atoms with Gasteiger partial charge >= 0.3 is 5.97 Å². The molecule has 1 rings (SSSR count). The molecule has 1 aromatic heterocycles. The van der Waals surface area contributed by atoms with Crippen LogP contribution in [0.1, 0.15) is 21.1 Å². The summed E-state index contributed by atoms with van der Waals surface area (Å²) in [7, 11) is 2.90. The Morgan fingerprint density at radius 1 is 1.43 bits per heavy atom. The molecule has 5 heteroatoms. The quantitative estimate of drug-likeness (QED) is 0.561. The predicted molar refractivity (Wildman–Crippen MR) is 48.3 cm³/mol. The first-order valence-corrected chi connectivity index (χ1v) is 4.05. The van der Waals surface area contributed by atoms with Gasteiger partial charge < -0.3 is 14.5 Å². The van der Waals surface area contributed by atoms with E-state index in [4.69, 9.17) is 4.42 Å². The van der Waals surface area contributed by atoms with E-state index in [0.717, 1.165) is 0 Å². The fraction of sp³-hybridized carbons (Fsp3) is 0.333. The molecule has 0 unspecified atom stereocenters. The van der Waals surface area contributed by atoms with Crippen molar-refractivity contribution in [3.05, 3.63) is 23.7 Å². The summed E-state index contributed by atoms with van der Waals surface area (Å²) in [6.45, 7) is 0.175. The number of furan rings is 1. The topological polar surface area (TPSA) is 68.5 Å². The molecular weight excluding hydrogens is 186 g/mol. The van der Waals surface area contributed by atoms with Gasteiger partial charge in [-0.15, -0.1) is 0 Å². The monoisotopic (exact) mass is 197 g/mol. The molecule has 0 amide bonds. The Morgan fingerprint density at radius 2 is 2.07 bits per heavy atom. The molecule has 0 aliphatic heterocycles. The number of carbonyl (C=O) groups is 2. The van der Waals surface area contributed by atoms with E-state index in [0.29, 0.717) is 0 Å². The fourth-order valence-electron chi connectivity index (χ4n) is 0.946. The second kappa shape index (κ2) is 4.57. The smallest absolute Gasteiger partial charge is 0.373 e. The third kappa shape index (κ3) is 2.20. The van der Waals surface area contributed by atoms with Crippen LogP contribution in [-0.4, -0.2) is 32.5 Å². The summed E-state index contributed by atoms with van der Waals surface area (Å²) < 4.78 is 9.42. The van der Waals surface area contributed by atoms with Gasteiger partial charge in [0, 0.05) is 0 Å². The van der Waals surface area contributed by atoms with Crippen LogP contribution in [0.4, 0.5) is 0 Å². The molecule has 0 spiro atoms. The Kier molecular flexibility index (Phi) is 3.41. The highest BCUT2D eigenvalue weighted by Gasteiger charge is 2.14. The molecule has 76 valence electrons. The summed E-state index contributed by atoms with van der Waals surface area (Å²) in [5.41, 5.74) is 0. The maximum absolute atomic E-state index is 11.3.